The predicted octanol–water partition coefficient (Wildman–Crippen LogP) is 1.56. The Hall–Kier alpha value is -1.41. The van der Waals surface area contributed by atoms with Crippen molar-refractivity contribution in [3.05, 3.63) is 35.4 Å². The molecule has 2 atom stereocenters. The first kappa shape index (κ1) is 14.7. The number of benzene rings is 1. The number of hydrogen-bond acceptors (Lipinski definition) is 4. The summed E-state index contributed by atoms with van der Waals surface area (Å²) in [6.07, 6.45) is -0.485. The monoisotopic (exact) mass is 248 g/mol. The van der Waals surface area contributed by atoms with Crippen LogP contribution >= 0.6 is 0 Å². The van der Waals surface area contributed by atoms with Gasteiger partial charge in [0.1, 0.15) is 0 Å². The lowest BCUT2D eigenvalue weighted by atomic mass is 10.1. The molecule has 0 aliphatic carbocycles. The van der Waals surface area contributed by atoms with Crippen molar-refractivity contribution in [2.45, 2.75) is 19.1 Å². The van der Waals surface area contributed by atoms with E-state index >= 15 is 0 Å². The van der Waals surface area contributed by atoms with Gasteiger partial charge < -0.3 is 9.84 Å². The Kier molecular flexibility index (Phi) is 5.79. The molecule has 4 nitrogen and oxygen atoms in total. The van der Waals surface area contributed by atoms with Crippen LogP contribution in [0.4, 0.5) is 0 Å². The van der Waals surface area contributed by atoms with E-state index in [1.54, 1.807) is 7.11 Å². The second kappa shape index (κ2) is 7.12. The molecule has 0 aromatic heterocycles. The Morgan fingerprint density at radius 3 is 2.50 bits per heavy atom. The van der Waals surface area contributed by atoms with Gasteiger partial charge in [0.2, 0.25) is 0 Å². The fraction of sp³-hybridized carbons (Fsp3) is 0.500. The predicted molar refractivity (Wildman–Crippen MR) is 70.1 cm³/mol. The minimum Gasteiger partial charge on any atom is -0.389 e. The van der Waals surface area contributed by atoms with Gasteiger partial charge in [-0.2, -0.15) is 5.26 Å². The molecular weight excluding hydrogens is 228 g/mol. The number of methoxy groups -OCH3 is 1. The first-order valence-electron chi connectivity index (χ1n) is 5.95. The molecule has 0 aliphatic rings. The molecule has 18 heavy (non-hydrogen) atoms. The Morgan fingerprint density at radius 2 is 2.00 bits per heavy atom. The van der Waals surface area contributed by atoms with Gasteiger partial charge in [-0.15, -0.1) is 0 Å². The summed E-state index contributed by atoms with van der Waals surface area (Å²) in [6.45, 7) is 2.96. The van der Waals surface area contributed by atoms with E-state index < -0.39 is 6.10 Å². The van der Waals surface area contributed by atoms with Crippen LogP contribution in [-0.2, 0) is 4.74 Å². The number of hydrogen-bond donors (Lipinski definition) is 1. The van der Waals surface area contributed by atoms with Gasteiger partial charge in [0.25, 0.3) is 0 Å². The van der Waals surface area contributed by atoms with E-state index in [-0.39, 0.29) is 6.04 Å². The zero-order valence-electron chi connectivity index (χ0n) is 11.1. The first-order chi connectivity index (χ1) is 8.58. The summed E-state index contributed by atoms with van der Waals surface area (Å²) in [5, 5.41) is 18.4. The molecule has 0 saturated heterocycles. The molecule has 1 N–H and O–H groups in total. The Bertz CT molecular complexity index is 397. The van der Waals surface area contributed by atoms with Gasteiger partial charge >= 0.3 is 0 Å². The molecule has 1 aromatic rings. The van der Waals surface area contributed by atoms with Crippen LogP contribution in [0.2, 0.25) is 0 Å². The molecule has 0 saturated carbocycles. The highest BCUT2D eigenvalue weighted by Crippen LogP contribution is 2.19. The number of likely N-dealkylation sites (N-methyl/N-ethyl adjacent to an activating group) is 1. The largest absolute Gasteiger partial charge is 0.389 e. The van der Waals surface area contributed by atoms with Crippen molar-refractivity contribution in [3.8, 4) is 6.07 Å². The van der Waals surface area contributed by atoms with Crippen molar-refractivity contribution < 1.29 is 9.84 Å². The quantitative estimate of drug-likeness (QED) is 0.830. The lowest BCUT2D eigenvalue weighted by molar-refractivity contribution is 0.0357. The molecule has 0 heterocycles. The molecule has 0 aliphatic heterocycles. The number of rotatable bonds is 6. The highest BCUT2D eigenvalue weighted by molar-refractivity contribution is 5.32. The molecule has 1 aromatic carbocycles. The van der Waals surface area contributed by atoms with Gasteiger partial charge in [-0.1, -0.05) is 12.1 Å². The van der Waals surface area contributed by atoms with Crippen molar-refractivity contribution in [1.29, 1.82) is 5.26 Å². The maximum absolute atomic E-state index is 9.69. The van der Waals surface area contributed by atoms with Crippen LogP contribution in [0.25, 0.3) is 0 Å². The smallest absolute Gasteiger partial charge is 0.0991 e. The van der Waals surface area contributed by atoms with E-state index in [4.69, 9.17) is 10.00 Å². The SMILES string of the molecule is COCC(O)CN(C)C(C)c1ccc(C#N)cc1. The summed E-state index contributed by atoms with van der Waals surface area (Å²) >= 11 is 0. The third-order valence-electron chi connectivity index (χ3n) is 3.04. The summed E-state index contributed by atoms with van der Waals surface area (Å²) in [5.41, 5.74) is 1.79. The lowest BCUT2D eigenvalue weighted by Crippen LogP contribution is -2.33. The average Bonchev–Trinajstić information content (AvgIpc) is 2.38. The summed E-state index contributed by atoms with van der Waals surface area (Å²) in [5.74, 6) is 0. The maximum Gasteiger partial charge on any atom is 0.0991 e. The molecule has 2 unspecified atom stereocenters. The minimum atomic E-state index is -0.485. The van der Waals surface area contributed by atoms with E-state index in [2.05, 4.69) is 17.9 Å². The summed E-state index contributed by atoms with van der Waals surface area (Å²) in [4.78, 5) is 2.06. The van der Waals surface area contributed by atoms with Crippen molar-refractivity contribution in [3.63, 3.8) is 0 Å². The maximum atomic E-state index is 9.69. The third-order valence-corrected chi connectivity index (χ3v) is 3.04. The van der Waals surface area contributed by atoms with Gasteiger partial charge in [-0.3, -0.25) is 4.90 Å². The number of aliphatic hydroxyl groups excluding tert-OH is 1. The minimum absolute atomic E-state index is 0.184. The topological polar surface area (TPSA) is 56.5 Å². The van der Waals surface area contributed by atoms with Gasteiger partial charge in [0.15, 0.2) is 0 Å². The normalized spacial score (nSPS) is 14.2. The first-order valence-corrected chi connectivity index (χ1v) is 5.95. The van der Waals surface area contributed by atoms with E-state index in [9.17, 15) is 5.11 Å². The Labute approximate surface area is 108 Å². The summed E-state index contributed by atoms with van der Waals surface area (Å²) in [6, 6.07) is 9.80. The van der Waals surface area contributed by atoms with Crippen LogP contribution in [0.5, 0.6) is 0 Å². The van der Waals surface area contributed by atoms with Crippen LogP contribution in [0.15, 0.2) is 24.3 Å². The van der Waals surface area contributed by atoms with Crippen molar-refractivity contribution in [2.24, 2.45) is 0 Å². The fourth-order valence-corrected chi connectivity index (χ4v) is 1.83. The van der Waals surface area contributed by atoms with E-state index in [0.29, 0.717) is 18.7 Å². The summed E-state index contributed by atoms with van der Waals surface area (Å²) in [7, 11) is 3.54. The van der Waals surface area contributed by atoms with Crippen LogP contribution in [0.3, 0.4) is 0 Å². The highest BCUT2D eigenvalue weighted by atomic mass is 16.5. The summed E-state index contributed by atoms with van der Waals surface area (Å²) < 4.78 is 4.91. The average molecular weight is 248 g/mol. The zero-order chi connectivity index (χ0) is 13.5. The van der Waals surface area contributed by atoms with E-state index in [0.717, 1.165) is 5.56 Å². The van der Waals surface area contributed by atoms with Gasteiger partial charge in [0, 0.05) is 19.7 Å². The molecule has 0 spiro atoms. The van der Waals surface area contributed by atoms with Crippen LogP contribution in [-0.4, -0.2) is 43.4 Å². The molecule has 1 rings (SSSR count). The van der Waals surface area contributed by atoms with Crippen molar-refractivity contribution >= 4 is 0 Å². The highest BCUT2D eigenvalue weighted by Gasteiger charge is 2.15. The lowest BCUT2D eigenvalue weighted by Gasteiger charge is -2.27. The number of nitrogens with zero attached hydrogens (tertiary/aromatic N) is 2. The van der Waals surface area contributed by atoms with Crippen LogP contribution in [0, 0.1) is 11.3 Å². The zero-order valence-corrected chi connectivity index (χ0v) is 11.1. The van der Waals surface area contributed by atoms with Crippen LogP contribution in [0.1, 0.15) is 24.1 Å². The number of aliphatic hydroxyl groups is 1. The number of nitriles is 1. The Balaban J connectivity index is 2.62. The van der Waals surface area contributed by atoms with E-state index in [1.807, 2.05) is 31.3 Å². The molecule has 4 heteroatoms. The van der Waals surface area contributed by atoms with Crippen LogP contribution < -0.4 is 0 Å². The van der Waals surface area contributed by atoms with Crippen molar-refractivity contribution in [1.82, 2.24) is 4.90 Å². The third kappa shape index (κ3) is 4.11. The van der Waals surface area contributed by atoms with Crippen molar-refractivity contribution in [2.75, 3.05) is 27.3 Å². The van der Waals surface area contributed by atoms with Gasteiger partial charge in [-0.05, 0) is 31.7 Å². The molecule has 0 fully saturated rings. The number of ether oxygens (including phenoxy) is 1. The fourth-order valence-electron chi connectivity index (χ4n) is 1.83. The molecule has 0 amide bonds. The standard InChI is InChI=1S/C14H20N2O2/c1-11(16(2)9-14(17)10-18-3)13-6-4-12(8-15)5-7-13/h4-7,11,14,17H,9-10H2,1-3H3. The second-order valence-electron chi connectivity index (χ2n) is 4.46. The van der Waals surface area contributed by atoms with E-state index in [1.165, 1.54) is 0 Å². The molecular formula is C14H20N2O2. The Morgan fingerprint density at radius 1 is 1.39 bits per heavy atom. The molecule has 0 bridgehead atoms. The molecule has 0 radical (unpaired) electrons. The second-order valence-corrected chi connectivity index (χ2v) is 4.46. The van der Waals surface area contributed by atoms with Gasteiger partial charge in [0.05, 0.1) is 24.3 Å². The molecule has 98 valence electrons. The van der Waals surface area contributed by atoms with Gasteiger partial charge in [-0.25, -0.2) is 0 Å².